The van der Waals surface area contributed by atoms with E-state index in [9.17, 15) is 4.39 Å². The van der Waals surface area contributed by atoms with Crippen LogP contribution in [0.25, 0.3) is 0 Å². The molecule has 1 aliphatic rings. The number of allylic oxidation sites excluding steroid dienone is 2. The Morgan fingerprint density at radius 3 is 3.20 bits per heavy atom. The molecular formula is C7H7FN2. The number of nitrogens with zero attached hydrogens (tertiary/aromatic N) is 2. The van der Waals surface area contributed by atoms with E-state index >= 15 is 0 Å². The van der Waals surface area contributed by atoms with Gasteiger partial charge in [-0.25, -0.2) is 4.39 Å². The van der Waals surface area contributed by atoms with Crippen LogP contribution in [0.15, 0.2) is 23.9 Å². The van der Waals surface area contributed by atoms with E-state index in [4.69, 9.17) is 5.26 Å². The molecule has 0 spiro atoms. The van der Waals surface area contributed by atoms with Crippen LogP contribution in [0.4, 0.5) is 4.39 Å². The van der Waals surface area contributed by atoms with Crippen LogP contribution in [-0.4, -0.2) is 18.2 Å². The molecule has 0 radical (unpaired) electrons. The maximum Gasteiger partial charge on any atom is 0.161 e. The molecule has 0 N–H and O–H groups in total. The second-order valence-corrected chi connectivity index (χ2v) is 2.01. The third kappa shape index (κ3) is 1.35. The van der Waals surface area contributed by atoms with E-state index in [1.807, 2.05) is 6.07 Å². The summed E-state index contributed by atoms with van der Waals surface area (Å²) in [6.07, 6.45) is 4.98. The Kier molecular flexibility index (Phi) is 2.06. The highest BCUT2D eigenvalue weighted by Crippen LogP contribution is 2.05. The molecule has 0 bridgehead atoms. The minimum Gasteiger partial charge on any atom is -0.346 e. The zero-order chi connectivity index (χ0) is 7.40. The lowest BCUT2D eigenvalue weighted by atomic mass is 10.2. The van der Waals surface area contributed by atoms with Gasteiger partial charge in [-0.1, -0.05) is 0 Å². The summed E-state index contributed by atoms with van der Waals surface area (Å²) in [5, 5.41) is 8.40. The van der Waals surface area contributed by atoms with Crippen molar-refractivity contribution in [3.8, 4) is 6.07 Å². The third-order valence-electron chi connectivity index (χ3n) is 1.26. The highest BCUT2D eigenvalue weighted by Gasteiger charge is 2.04. The summed E-state index contributed by atoms with van der Waals surface area (Å²) in [5.74, 6) is 0. The molecule has 3 heteroatoms. The van der Waals surface area contributed by atoms with Crippen molar-refractivity contribution in [2.45, 2.75) is 0 Å². The average Bonchev–Trinajstić information content (AvgIpc) is 2.05. The van der Waals surface area contributed by atoms with Gasteiger partial charge in [0.15, 0.2) is 6.80 Å². The maximum atomic E-state index is 11.9. The molecule has 0 aromatic heterocycles. The summed E-state index contributed by atoms with van der Waals surface area (Å²) in [6, 6.07) is 1.97. The first-order valence-corrected chi connectivity index (χ1v) is 2.94. The van der Waals surface area contributed by atoms with E-state index in [0.29, 0.717) is 12.1 Å². The molecular weight excluding hydrogens is 131 g/mol. The molecule has 0 saturated carbocycles. The van der Waals surface area contributed by atoms with Crippen molar-refractivity contribution in [1.82, 2.24) is 4.90 Å². The van der Waals surface area contributed by atoms with Crippen molar-refractivity contribution in [1.29, 1.82) is 5.26 Å². The Balaban J connectivity index is 2.61. The number of rotatable bonds is 1. The lowest BCUT2D eigenvalue weighted by molar-refractivity contribution is 0.268. The van der Waals surface area contributed by atoms with Gasteiger partial charge in [0.05, 0.1) is 12.6 Å². The van der Waals surface area contributed by atoms with Gasteiger partial charge < -0.3 is 4.90 Å². The predicted molar refractivity (Wildman–Crippen MR) is 35.5 cm³/mol. The molecule has 10 heavy (non-hydrogen) atoms. The first kappa shape index (κ1) is 6.81. The quantitative estimate of drug-likeness (QED) is 0.509. The molecule has 1 heterocycles. The largest absolute Gasteiger partial charge is 0.346 e. The zero-order valence-corrected chi connectivity index (χ0v) is 5.42. The smallest absolute Gasteiger partial charge is 0.161 e. The molecule has 52 valence electrons. The fourth-order valence-corrected chi connectivity index (χ4v) is 0.760. The fraction of sp³-hybridized carbons (Fsp3) is 0.286. The highest BCUT2D eigenvalue weighted by atomic mass is 19.1. The van der Waals surface area contributed by atoms with Crippen molar-refractivity contribution in [2.75, 3.05) is 13.3 Å². The summed E-state index contributed by atoms with van der Waals surface area (Å²) >= 11 is 0. The Hall–Kier alpha value is -1.30. The van der Waals surface area contributed by atoms with Gasteiger partial charge in [0, 0.05) is 11.8 Å². The van der Waals surface area contributed by atoms with Crippen molar-refractivity contribution in [3.05, 3.63) is 23.9 Å². The van der Waals surface area contributed by atoms with Gasteiger partial charge >= 0.3 is 0 Å². The number of alkyl halides is 1. The van der Waals surface area contributed by atoms with E-state index in [0.717, 1.165) is 0 Å². The fourth-order valence-electron chi connectivity index (χ4n) is 0.760. The van der Waals surface area contributed by atoms with E-state index in [2.05, 4.69) is 0 Å². The summed E-state index contributed by atoms with van der Waals surface area (Å²) in [7, 11) is 0. The van der Waals surface area contributed by atoms with Gasteiger partial charge in [0.25, 0.3) is 0 Å². The Bertz CT molecular complexity index is 212. The topological polar surface area (TPSA) is 27.0 Å². The van der Waals surface area contributed by atoms with Crippen LogP contribution in [0.2, 0.25) is 0 Å². The van der Waals surface area contributed by atoms with Crippen molar-refractivity contribution in [2.24, 2.45) is 0 Å². The van der Waals surface area contributed by atoms with Gasteiger partial charge in [0.2, 0.25) is 0 Å². The monoisotopic (exact) mass is 138 g/mol. The van der Waals surface area contributed by atoms with Crippen molar-refractivity contribution < 1.29 is 4.39 Å². The third-order valence-corrected chi connectivity index (χ3v) is 1.26. The maximum absolute atomic E-state index is 11.9. The van der Waals surface area contributed by atoms with Crippen LogP contribution in [0.1, 0.15) is 0 Å². The van der Waals surface area contributed by atoms with Crippen molar-refractivity contribution >= 4 is 0 Å². The van der Waals surface area contributed by atoms with Crippen LogP contribution in [0.3, 0.4) is 0 Å². The molecule has 1 rings (SSSR count). The van der Waals surface area contributed by atoms with Crippen molar-refractivity contribution in [3.63, 3.8) is 0 Å². The van der Waals surface area contributed by atoms with Crippen LogP contribution in [0.5, 0.6) is 0 Å². The molecule has 0 aromatic carbocycles. The number of hydrogen-bond acceptors (Lipinski definition) is 2. The van der Waals surface area contributed by atoms with Gasteiger partial charge in [-0.2, -0.15) is 5.26 Å². The highest BCUT2D eigenvalue weighted by molar-refractivity contribution is 5.29. The molecule has 0 atom stereocenters. The average molecular weight is 138 g/mol. The van der Waals surface area contributed by atoms with Crippen LogP contribution >= 0.6 is 0 Å². The molecule has 0 aromatic rings. The summed E-state index contributed by atoms with van der Waals surface area (Å²) in [6.45, 7) is -0.140. The number of hydrogen-bond donors (Lipinski definition) is 0. The van der Waals surface area contributed by atoms with Crippen LogP contribution in [-0.2, 0) is 0 Å². The Labute approximate surface area is 58.9 Å². The first-order chi connectivity index (χ1) is 4.86. The molecule has 0 aliphatic carbocycles. The van der Waals surface area contributed by atoms with Crippen LogP contribution < -0.4 is 0 Å². The molecule has 0 unspecified atom stereocenters. The molecule has 2 nitrogen and oxygen atoms in total. The van der Waals surface area contributed by atoms with Gasteiger partial charge in [-0.3, -0.25) is 0 Å². The summed E-state index contributed by atoms with van der Waals surface area (Å²) in [5.41, 5.74) is 0.597. The molecule has 0 amide bonds. The minimum absolute atomic E-state index is 0.392. The summed E-state index contributed by atoms with van der Waals surface area (Å²) in [4.78, 5) is 1.43. The standard InChI is InChI=1S/C7H7FN2/c8-6-10-3-1-2-7(4-9)5-10/h1-3H,5-6H2. The second kappa shape index (κ2) is 3.02. The van der Waals surface area contributed by atoms with Gasteiger partial charge in [-0.05, 0) is 12.2 Å². The SMILES string of the molecule is N#CC1=CC=CN(CF)C1. The number of halogens is 1. The molecule has 0 fully saturated rings. The lowest BCUT2D eigenvalue weighted by Crippen LogP contribution is -2.20. The van der Waals surface area contributed by atoms with Crippen LogP contribution in [0, 0.1) is 11.3 Å². The Morgan fingerprint density at radius 1 is 1.80 bits per heavy atom. The van der Waals surface area contributed by atoms with Gasteiger partial charge in [-0.15, -0.1) is 0 Å². The van der Waals surface area contributed by atoms with E-state index < -0.39 is 6.80 Å². The predicted octanol–water partition coefficient (Wildman–Crippen LogP) is 1.19. The second-order valence-electron chi connectivity index (χ2n) is 2.01. The molecule has 1 aliphatic heterocycles. The zero-order valence-electron chi connectivity index (χ0n) is 5.42. The van der Waals surface area contributed by atoms with E-state index in [1.165, 1.54) is 4.90 Å². The lowest BCUT2D eigenvalue weighted by Gasteiger charge is -2.17. The minimum atomic E-state index is -0.532. The van der Waals surface area contributed by atoms with Gasteiger partial charge in [0.1, 0.15) is 0 Å². The summed E-state index contributed by atoms with van der Waals surface area (Å²) < 4.78 is 11.9. The van der Waals surface area contributed by atoms with E-state index in [-0.39, 0.29) is 0 Å². The first-order valence-electron chi connectivity index (χ1n) is 2.94. The normalized spacial score (nSPS) is 16.4. The number of nitriles is 1. The molecule has 0 saturated heterocycles. The Morgan fingerprint density at radius 2 is 2.60 bits per heavy atom. The van der Waals surface area contributed by atoms with E-state index in [1.54, 1.807) is 18.4 Å².